The number of aryl methyl sites for hydroxylation is 2. The maximum Gasteiger partial charge on any atom is 0.264 e. The van der Waals surface area contributed by atoms with Gasteiger partial charge in [0, 0.05) is 29.8 Å². The zero-order chi connectivity index (χ0) is 22.3. The van der Waals surface area contributed by atoms with E-state index in [1.165, 1.54) is 11.0 Å². The minimum atomic E-state index is -2.77. The van der Waals surface area contributed by atoms with Crippen LogP contribution in [0.25, 0.3) is 0 Å². The van der Waals surface area contributed by atoms with Crippen LogP contribution in [0, 0.1) is 13.8 Å². The topological polar surface area (TPSA) is 71.6 Å². The Kier molecular flexibility index (Phi) is 7.25. The number of ether oxygens (including phenoxy) is 2. The van der Waals surface area contributed by atoms with Gasteiger partial charge in [0.2, 0.25) is 0 Å². The number of carbonyl (C=O) groups is 1. The molecule has 1 atom stereocenters. The molecule has 1 aromatic carbocycles. The van der Waals surface area contributed by atoms with Crippen LogP contribution in [0.1, 0.15) is 58.6 Å². The van der Waals surface area contributed by atoms with Crippen LogP contribution in [-0.2, 0) is 17.7 Å². The molecule has 32 heavy (non-hydrogen) atoms. The van der Waals surface area contributed by atoms with E-state index in [0.717, 1.165) is 11.3 Å². The van der Waals surface area contributed by atoms with Gasteiger partial charge in [0.25, 0.3) is 17.9 Å². The summed E-state index contributed by atoms with van der Waals surface area (Å²) in [6, 6.07) is 3.07. The fourth-order valence-corrected chi connectivity index (χ4v) is 4.47. The van der Waals surface area contributed by atoms with Crippen LogP contribution in [0.4, 0.5) is 8.78 Å². The molecule has 0 saturated carbocycles. The van der Waals surface area contributed by atoms with Gasteiger partial charge in [-0.15, -0.1) is 0 Å². The number of amides is 1. The average molecular weight is 469 g/mol. The third kappa shape index (κ3) is 4.52. The molecule has 6 nitrogen and oxygen atoms in total. The Hall–Kier alpha value is -2.45. The molecule has 4 rings (SSSR count). The van der Waals surface area contributed by atoms with Crippen LogP contribution in [0.5, 0.6) is 5.75 Å². The summed E-state index contributed by atoms with van der Waals surface area (Å²) >= 11 is 6.50. The average Bonchev–Trinajstić information content (AvgIpc) is 3.20. The first-order valence-corrected chi connectivity index (χ1v) is 10.5. The highest BCUT2D eigenvalue weighted by Gasteiger charge is 2.34. The summed E-state index contributed by atoms with van der Waals surface area (Å²) in [5, 5.41) is 0.0236. The van der Waals surface area contributed by atoms with Crippen molar-refractivity contribution in [3.8, 4) is 5.75 Å². The molecule has 0 spiro atoms. The highest BCUT2D eigenvalue weighted by Crippen LogP contribution is 2.41. The summed E-state index contributed by atoms with van der Waals surface area (Å²) < 4.78 is 38.7. The number of pyridine rings is 1. The molecule has 0 bridgehead atoms. The van der Waals surface area contributed by atoms with Crippen LogP contribution >= 0.6 is 11.6 Å². The molecular weight excluding hydrogens is 442 g/mol. The van der Waals surface area contributed by atoms with E-state index in [0.29, 0.717) is 25.2 Å². The van der Waals surface area contributed by atoms with Crippen LogP contribution in [0.15, 0.2) is 16.9 Å². The lowest BCUT2D eigenvalue weighted by Crippen LogP contribution is -2.39. The summed E-state index contributed by atoms with van der Waals surface area (Å²) in [6.45, 7) is 4.73. The van der Waals surface area contributed by atoms with Crippen molar-refractivity contribution in [1.82, 2.24) is 9.88 Å². The second-order valence-electron chi connectivity index (χ2n) is 7.96. The van der Waals surface area contributed by atoms with E-state index in [-0.39, 0.29) is 66.1 Å². The molecule has 2 aliphatic heterocycles. The fourth-order valence-electron chi connectivity index (χ4n) is 4.18. The second-order valence-corrected chi connectivity index (χ2v) is 8.33. The van der Waals surface area contributed by atoms with Crippen LogP contribution in [-0.4, -0.2) is 41.7 Å². The van der Waals surface area contributed by atoms with Crippen molar-refractivity contribution in [2.75, 3.05) is 19.8 Å². The van der Waals surface area contributed by atoms with Crippen molar-refractivity contribution >= 4 is 17.5 Å². The number of aromatic nitrogens is 1. The van der Waals surface area contributed by atoms with Gasteiger partial charge < -0.3 is 19.4 Å². The second kappa shape index (κ2) is 9.58. The van der Waals surface area contributed by atoms with Gasteiger partial charge in [0.15, 0.2) is 0 Å². The van der Waals surface area contributed by atoms with Gasteiger partial charge in [0.1, 0.15) is 11.9 Å². The number of benzene rings is 1. The quantitative estimate of drug-likeness (QED) is 0.697. The SMILES string of the molecule is C.Cc1cc(C)c(CN2CCc3c(C(F)F)cc(O[C@@H]4CCOC4)c(Cl)c3C2=O)c(=O)[nH]1. The van der Waals surface area contributed by atoms with Crippen molar-refractivity contribution < 1.29 is 23.0 Å². The van der Waals surface area contributed by atoms with Crippen LogP contribution < -0.4 is 10.3 Å². The Morgan fingerprint density at radius 1 is 1.31 bits per heavy atom. The van der Waals surface area contributed by atoms with E-state index < -0.39 is 12.3 Å². The first-order valence-electron chi connectivity index (χ1n) is 10.1. The maximum atomic E-state index is 13.8. The third-order valence-corrected chi connectivity index (χ3v) is 6.14. The molecular formula is C23H27ClF2N2O4. The Bertz CT molecular complexity index is 1080. The number of halogens is 3. The summed E-state index contributed by atoms with van der Waals surface area (Å²) in [7, 11) is 0. The van der Waals surface area contributed by atoms with E-state index in [4.69, 9.17) is 21.1 Å². The number of fused-ring (bicyclic) bond motifs is 1. The van der Waals surface area contributed by atoms with E-state index in [9.17, 15) is 18.4 Å². The number of alkyl halides is 2. The molecule has 0 aliphatic carbocycles. The maximum absolute atomic E-state index is 13.8. The summed E-state index contributed by atoms with van der Waals surface area (Å²) in [5.41, 5.74) is 1.70. The molecule has 2 aromatic rings. The van der Waals surface area contributed by atoms with E-state index >= 15 is 0 Å². The zero-order valence-corrected chi connectivity index (χ0v) is 18.0. The Morgan fingerprint density at radius 3 is 2.69 bits per heavy atom. The predicted molar refractivity (Wildman–Crippen MR) is 118 cm³/mol. The lowest BCUT2D eigenvalue weighted by Gasteiger charge is -2.31. The minimum Gasteiger partial charge on any atom is -0.486 e. The highest BCUT2D eigenvalue weighted by atomic mass is 35.5. The number of hydrogen-bond donors (Lipinski definition) is 1. The monoisotopic (exact) mass is 468 g/mol. The first kappa shape index (κ1) is 24.2. The van der Waals surface area contributed by atoms with Crippen molar-refractivity contribution in [1.29, 1.82) is 0 Å². The lowest BCUT2D eigenvalue weighted by molar-refractivity contribution is 0.0722. The first-order chi connectivity index (χ1) is 14.8. The van der Waals surface area contributed by atoms with Gasteiger partial charge in [-0.1, -0.05) is 19.0 Å². The van der Waals surface area contributed by atoms with E-state index in [1.54, 1.807) is 13.8 Å². The Morgan fingerprint density at radius 2 is 2.06 bits per heavy atom. The molecule has 1 aromatic heterocycles. The van der Waals surface area contributed by atoms with Gasteiger partial charge in [0.05, 0.1) is 30.3 Å². The molecule has 0 unspecified atom stereocenters. The molecule has 1 N–H and O–H groups in total. The van der Waals surface area contributed by atoms with E-state index in [2.05, 4.69) is 4.98 Å². The smallest absolute Gasteiger partial charge is 0.264 e. The largest absolute Gasteiger partial charge is 0.486 e. The molecule has 2 aliphatic rings. The highest BCUT2D eigenvalue weighted by molar-refractivity contribution is 6.35. The number of rotatable bonds is 5. The molecule has 1 amide bonds. The Balaban J connectivity index is 0.00000289. The van der Waals surface area contributed by atoms with Gasteiger partial charge in [-0.25, -0.2) is 8.78 Å². The number of nitrogens with zero attached hydrogens (tertiary/aromatic N) is 1. The Labute approximate surface area is 190 Å². The van der Waals surface area contributed by atoms with Crippen molar-refractivity contribution in [3.63, 3.8) is 0 Å². The van der Waals surface area contributed by atoms with Gasteiger partial charge in [-0.05, 0) is 43.5 Å². The van der Waals surface area contributed by atoms with Gasteiger partial charge in [-0.3, -0.25) is 9.59 Å². The lowest BCUT2D eigenvalue weighted by atomic mass is 9.92. The summed E-state index contributed by atoms with van der Waals surface area (Å²) in [5.74, 6) is -0.425. The van der Waals surface area contributed by atoms with Crippen molar-refractivity contribution in [3.05, 3.63) is 61.0 Å². The predicted octanol–water partition coefficient (Wildman–Crippen LogP) is 4.59. The van der Waals surface area contributed by atoms with E-state index in [1.807, 2.05) is 6.07 Å². The van der Waals surface area contributed by atoms with Crippen molar-refractivity contribution in [2.45, 2.75) is 53.2 Å². The fraction of sp³-hybridized carbons (Fsp3) is 0.478. The number of H-pyrrole nitrogens is 1. The van der Waals surface area contributed by atoms with Crippen LogP contribution in [0.2, 0.25) is 5.02 Å². The van der Waals surface area contributed by atoms with Gasteiger partial charge >= 0.3 is 0 Å². The summed E-state index contributed by atoms with van der Waals surface area (Å²) in [6.07, 6.45) is -2.23. The van der Waals surface area contributed by atoms with Crippen LogP contribution in [0.3, 0.4) is 0 Å². The number of carbonyl (C=O) groups excluding carboxylic acids is 1. The summed E-state index contributed by atoms with van der Waals surface area (Å²) in [4.78, 5) is 29.9. The standard InChI is InChI=1S/C22H23ClF2N2O4.CH4/c1-11-7-12(2)26-21(28)16(11)9-27-5-3-14-15(20(24)25)8-17(19(23)18(14)22(27)29)31-13-4-6-30-10-13;/h7-8,13,20H,3-6,9-10H2,1-2H3,(H,26,28);1H4/t13-;/m1./s1. The molecule has 174 valence electrons. The molecule has 1 saturated heterocycles. The normalized spacial score (nSPS) is 18.0. The molecule has 9 heteroatoms. The molecule has 1 fully saturated rings. The molecule has 0 radical (unpaired) electrons. The number of aromatic amines is 1. The third-order valence-electron chi connectivity index (χ3n) is 5.76. The van der Waals surface area contributed by atoms with Crippen molar-refractivity contribution in [2.24, 2.45) is 0 Å². The minimum absolute atomic E-state index is 0. The molecule has 3 heterocycles. The zero-order valence-electron chi connectivity index (χ0n) is 17.3. The number of hydrogen-bond acceptors (Lipinski definition) is 4. The number of nitrogens with one attached hydrogen (secondary N) is 1. The van der Waals surface area contributed by atoms with Gasteiger partial charge in [-0.2, -0.15) is 0 Å².